The van der Waals surface area contributed by atoms with E-state index in [0.29, 0.717) is 5.30 Å². The number of rotatable bonds is 6. The number of benzene rings is 3. The van der Waals surface area contributed by atoms with Gasteiger partial charge in [0.05, 0.1) is 24.0 Å². The average Bonchev–Trinajstić information content (AvgIpc) is 3.16. The highest BCUT2D eigenvalue weighted by molar-refractivity contribution is 7.70. The van der Waals surface area contributed by atoms with Crippen molar-refractivity contribution in [2.75, 3.05) is 30.2 Å². The molecule has 0 spiro atoms. The van der Waals surface area contributed by atoms with Crippen LogP contribution in [0.2, 0.25) is 5.02 Å². The molecule has 1 fully saturated rings. The molecule has 0 aromatic heterocycles. The Labute approximate surface area is 222 Å². The third-order valence-corrected chi connectivity index (χ3v) is 7.99. The van der Waals surface area contributed by atoms with Gasteiger partial charge in [-0.25, -0.2) is 18.0 Å². The number of amides is 3. The molecule has 1 unspecified atom stereocenters. The fourth-order valence-electron chi connectivity index (χ4n) is 4.43. The van der Waals surface area contributed by atoms with Gasteiger partial charge in [-0.2, -0.15) is 0 Å². The third kappa shape index (κ3) is 5.43. The first-order chi connectivity index (χ1) is 17.9. The Morgan fingerprint density at radius 3 is 2.45 bits per heavy atom. The number of anilines is 2. The number of nitrogens with one attached hydrogen (secondary N) is 2. The molecule has 7 nitrogen and oxygen atoms in total. The molecule has 0 aliphatic carbocycles. The van der Waals surface area contributed by atoms with Gasteiger partial charge in [-0.15, -0.1) is 0 Å². The van der Waals surface area contributed by atoms with Crippen LogP contribution in [0.25, 0.3) is 11.1 Å². The van der Waals surface area contributed by atoms with Crippen molar-refractivity contribution in [2.45, 2.75) is 18.5 Å². The summed E-state index contributed by atoms with van der Waals surface area (Å²) in [4.78, 5) is 26.4. The second-order valence-electron chi connectivity index (χ2n) is 9.18. The number of urea groups is 1. The number of hydrogen-bond donors (Lipinski definition) is 3. The van der Waals surface area contributed by atoms with Gasteiger partial charge in [0, 0.05) is 15.9 Å². The van der Waals surface area contributed by atoms with E-state index in [0.717, 1.165) is 11.0 Å². The molecule has 0 bridgehead atoms. The lowest BCUT2D eigenvalue weighted by atomic mass is 10.0. The minimum atomic E-state index is -2.83. The maximum absolute atomic E-state index is 15.4. The predicted octanol–water partition coefficient (Wildman–Crippen LogP) is 4.96. The summed E-state index contributed by atoms with van der Waals surface area (Å²) in [6, 6.07) is 9.41. The molecule has 200 valence electrons. The third-order valence-electron chi connectivity index (χ3n) is 6.20. The smallest absolute Gasteiger partial charge is 0.319 e. The summed E-state index contributed by atoms with van der Waals surface area (Å²) in [6.45, 7) is 2.46. The van der Waals surface area contributed by atoms with Crippen LogP contribution >= 0.6 is 18.7 Å². The van der Waals surface area contributed by atoms with Crippen molar-refractivity contribution >= 4 is 47.4 Å². The molecule has 3 aromatic rings. The minimum absolute atomic E-state index is 0.105. The van der Waals surface area contributed by atoms with Gasteiger partial charge in [-0.1, -0.05) is 35.9 Å². The van der Waals surface area contributed by atoms with Crippen LogP contribution in [0.1, 0.15) is 6.42 Å². The van der Waals surface area contributed by atoms with E-state index in [-0.39, 0.29) is 28.3 Å². The number of carbonyl (C=O) groups is 2. The molecule has 12 heteroatoms. The number of aliphatic hydroxyl groups is 1. The van der Waals surface area contributed by atoms with Crippen molar-refractivity contribution in [3.8, 4) is 11.1 Å². The van der Waals surface area contributed by atoms with Gasteiger partial charge in [0.15, 0.2) is 11.6 Å². The highest BCUT2D eigenvalue weighted by Crippen LogP contribution is 2.41. The van der Waals surface area contributed by atoms with Crippen LogP contribution in [-0.2, 0) is 9.36 Å². The van der Waals surface area contributed by atoms with Crippen molar-refractivity contribution in [3.05, 3.63) is 77.1 Å². The van der Waals surface area contributed by atoms with E-state index < -0.39 is 60.9 Å². The molecule has 3 N–H and O–H groups in total. The molecule has 3 aromatic carbocycles. The van der Waals surface area contributed by atoms with E-state index in [1.807, 2.05) is 0 Å². The highest BCUT2D eigenvalue weighted by Gasteiger charge is 2.42. The average molecular weight is 566 g/mol. The van der Waals surface area contributed by atoms with E-state index in [1.165, 1.54) is 43.7 Å². The molecule has 2 atom stereocenters. The Bertz CT molecular complexity index is 1470. The molecule has 0 saturated carbocycles. The van der Waals surface area contributed by atoms with Crippen molar-refractivity contribution in [1.29, 1.82) is 0 Å². The maximum Gasteiger partial charge on any atom is 0.319 e. The number of nitrogens with zero attached hydrogens (tertiary/aromatic N) is 1. The number of halogens is 4. The molecular formula is C26H24ClF3N3O4P. The van der Waals surface area contributed by atoms with Gasteiger partial charge >= 0.3 is 6.03 Å². The van der Waals surface area contributed by atoms with Gasteiger partial charge in [0.1, 0.15) is 19.0 Å². The van der Waals surface area contributed by atoms with Crippen molar-refractivity contribution in [3.63, 3.8) is 0 Å². The fourth-order valence-corrected chi connectivity index (χ4v) is 5.81. The van der Waals surface area contributed by atoms with E-state index >= 15 is 8.78 Å². The standard InChI is InChI=1S/C26H24ClF3N3O4P/c1-38(2,37)22-6-4-3-5-16(22)17-8-10-21(24(30)23(17)29)33-15(13-34)12-20(25(33)35)32-26(36)31-19-9-7-14(27)11-18(19)28/h3-11,15,20,34H,12-13H2,1-2H3,(H2,31,32,36)/t15-,20?/m0/s1. The van der Waals surface area contributed by atoms with Crippen LogP contribution < -0.4 is 20.8 Å². The van der Waals surface area contributed by atoms with Gasteiger partial charge in [-0.3, -0.25) is 4.79 Å². The summed E-state index contributed by atoms with van der Waals surface area (Å²) in [5, 5.41) is 15.0. The summed E-state index contributed by atoms with van der Waals surface area (Å²) in [6.07, 6.45) is -0.105. The predicted molar refractivity (Wildman–Crippen MR) is 141 cm³/mol. The lowest BCUT2D eigenvalue weighted by Crippen LogP contribution is -2.44. The second-order valence-corrected chi connectivity index (χ2v) is 12.8. The first-order valence-corrected chi connectivity index (χ1v) is 14.5. The van der Waals surface area contributed by atoms with E-state index in [2.05, 4.69) is 10.6 Å². The zero-order valence-corrected chi connectivity index (χ0v) is 22.0. The van der Waals surface area contributed by atoms with Gasteiger partial charge in [0.2, 0.25) is 5.91 Å². The fraction of sp³-hybridized carbons (Fsp3) is 0.231. The van der Waals surface area contributed by atoms with Crippen molar-refractivity contribution < 1.29 is 32.4 Å². The van der Waals surface area contributed by atoms with Crippen LogP contribution in [0.5, 0.6) is 0 Å². The molecular weight excluding hydrogens is 542 g/mol. The topological polar surface area (TPSA) is 98.7 Å². The molecule has 1 aliphatic heterocycles. The summed E-state index contributed by atoms with van der Waals surface area (Å²) in [5.74, 6) is -4.16. The van der Waals surface area contributed by atoms with Gasteiger partial charge in [0.25, 0.3) is 0 Å². The number of hydrogen-bond acceptors (Lipinski definition) is 4. The minimum Gasteiger partial charge on any atom is -0.394 e. The van der Waals surface area contributed by atoms with E-state index in [4.69, 9.17) is 11.6 Å². The van der Waals surface area contributed by atoms with E-state index in [9.17, 15) is 23.7 Å². The zero-order chi connectivity index (χ0) is 27.8. The molecule has 38 heavy (non-hydrogen) atoms. The Morgan fingerprint density at radius 1 is 1.08 bits per heavy atom. The number of aliphatic hydroxyl groups excluding tert-OH is 1. The molecule has 3 amide bonds. The van der Waals surface area contributed by atoms with Crippen LogP contribution in [0.3, 0.4) is 0 Å². The first-order valence-electron chi connectivity index (χ1n) is 11.5. The first kappa shape index (κ1) is 27.7. The lowest BCUT2D eigenvalue weighted by Gasteiger charge is -2.24. The molecule has 1 aliphatic rings. The summed E-state index contributed by atoms with van der Waals surface area (Å²) < 4.78 is 57.5. The monoisotopic (exact) mass is 565 g/mol. The van der Waals surface area contributed by atoms with Crippen LogP contribution in [-0.4, -0.2) is 49.1 Å². The van der Waals surface area contributed by atoms with Gasteiger partial charge in [-0.05, 0) is 55.6 Å². The Hall–Kier alpha value is -3.33. The summed E-state index contributed by atoms with van der Waals surface area (Å²) in [5.41, 5.74) is -0.462. The Kier molecular flexibility index (Phi) is 7.88. The zero-order valence-electron chi connectivity index (χ0n) is 20.3. The van der Waals surface area contributed by atoms with Crippen LogP contribution in [0.4, 0.5) is 29.3 Å². The van der Waals surface area contributed by atoms with Crippen molar-refractivity contribution in [2.24, 2.45) is 0 Å². The van der Waals surface area contributed by atoms with Crippen molar-refractivity contribution in [1.82, 2.24) is 5.32 Å². The Balaban J connectivity index is 1.60. The van der Waals surface area contributed by atoms with Gasteiger partial charge < -0.3 is 25.2 Å². The van der Waals surface area contributed by atoms with Crippen LogP contribution in [0.15, 0.2) is 54.6 Å². The molecule has 0 radical (unpaired) electrons. The quantitative estimate of drug-likeness (QED) is 0.368. The summed E-state index contributed by atoms with van der Waals surface area (Å²) >= 11 is 5.70. The normalized spacial score (nSPS) is 17.6. The SMILES string of the molecule is CP(C)(=O)c1ccccc1-c1ccc(N2C(=O)C(NC(=O)Nc3ccc(Cl)cc3F)C[C@H]2CO)c(F)c1F. The summed E-state index contributed by atoms with van der Waals surface area (Å²) in [7, 11) is -2.83. The molecule has 4 rings (SSSR count). The van der Waals surface area contributed by atoms with Crippen LogP contribution in [0, 0.1) is 17.5 Å². The Morgan fingerprint density at radius 2 is 1.79 bits per heavy atom. The molecule has 1 saturated heterocycles. The highest BCUT2D eigenvalue weighted by atomic mass is 35.5. The molecule has 1 heterocycles. The maximum atomic E-state index is 15.4. The largest absolute Gasteiger partial charge is 0.394 e. The number of carbonyl (C=O) groups excluding carboxylic acids is 2. The van der Waals surface area contributed by atoms with E-state index in [1.54, 1.807) is 18.2 Å². The second kappa shape index (κ2) is 10.8. The lowest BCUT2D eigenvalue weighted by molar-refractivity contribution is -0.118.